The molecule has 0 bridgehead atoms. The number of ether oxygens (including phenoxy) is 2. The molecular formula is C25H30N4O3. The molecule has 2 heterocycles. The summed E-state index contributed by atoms with van der Waals surface area (Å²) in [5, 5.41) is 13.5. The standard InChI is InChI=1S/C25H30N4O3/c1-31-23-14-11-19(12-15-23)16-26-24-9-5-7-21(29-24)6-3-4-8-22(30)13-10-20-17-27-25(32-2)28-18-20/h5,7,9-15,17-18,22,30H,3-4,6,8,16H2,1-2H3,(H,26,29)/b13-10+. The minimum atomic E-state index is -0.498. The number of nitrogens with one attached hydrogen (secondary N) is 1. The van der Waals surface area contributed by atoms with E-state index in [1.54, 1.807) is 25.6 Å². The summed E-state index contributed by atoms with van der Waals surface area (Å²) < 4.78 is 10.1. The minimum absolute atomic E-state index is 0.330. The molecule has 1 atom stereocenters. The first-order valence-corrected chi connectivity index (χ1v) is 10.7. The van der Waals surface area contributed by atoms with Gasteiger partial charge in [0.15, 0.2) is 0 Å². The van der Waals surface area contributed by atoms with Crippen LogP contribution in [0.25, 0.3) is 6.08 Å². The first-order valence-electron chi connectivity index (χ1n) is 10.7. The summed E-state index contributed by atoms with van der Waals surface area (Å²) in [6, 6.07) is 14.4. The van der Waals surface area contributed by atoms with Gasteiger partial charge in [-0.05, 0) is 49.1 Å². The molecule has 32 heavy (non-hydrogen) atoms. The summed E-state index contributed by atoms with van der Waals surface area (Å²) in [6.45, 7) is 0.707. The van der Waals surface area contributed by atoms with Gasteiger partial charge in [-0.25, -0.2) is 15.0 Å². The third-order valence-corrected chi connectivity index (χ3v) is 4.96. The molecule has 0 aliphatic carbocycles. The highest BCUT2D eigenvalue weighted by molar-refractivity contribution is 5.47. The van der Waals surface area contributed by atoms with Gasteiger partial charge in [-0.1, -0.05) is 36.8 Å². The quantitative estimate of drug-likeness (QED) is 0.411. The Kier molecular flexibility index (Phi) is 9.01. The molecule has 1 aromatic carbocycles. The van der Waals surface area contributed by atoms with E-state index in [9.17, 15) is 5.11 Å². The van der Waals surface area contributed by atoms with E-state index >= 15 is 0 Å². The molecule has 0 aliphatic rings. The number of benzene rings is 1. The zero-order chi connectivity index (χ0) is 22.6. The van der Waals surface area contributed by atoms with Gasteiger partial charge in [-0.2, -0.15) is 0 Å². The van der Waals surface area contributed by atoms with Crippen molar-refractivity contribution in [3.05, 3.63) is 77.8 Å². The van der Waals surface area contributed by atoms with Crippen molar-refractivity contribution in [3.63, 3.8) is 0 Å². The molecular weight excluding hydrogens is 404 g/mol. The summed E-state index contributed by atoms with van der Waals surface area (Å²) in [4.78, 5) is 12.8. The predicted octanol–water partition coefficient (Wildman–Crippen LogP) is 4.29. The molecule has 2 N–H and O–H groups in total. The van der Waals surface area contributed by atoms with Crippen molar-refractivity contribution in [2.24, 2.45) is 0 Å². The van der Waals surface area contributed by atoms with Crippen LogP contribution in [0.4, 0.5) is 5.82 Å². The third-order valence-electron chi connectivity index (χ3n) is 4.96. The van der Waals surface area contributed by atoms with Crippen molar-refractivity contribution in [2.45, 2.75) is 38.3 Å². The molecule has 7 nitrogen and oxygen atoms in total. The largest absolute Gasteiger partial charge is 0.497 e. The van der Waals surface area contributed by atoms with Crippen LogP contribution >= 0.6 is 0 Å². The summed E-state index contributed by atoms with van der Waals surface area (Å²) in [6.07, 6.45) is 9.87. The second-order valence-electron chi connectivity index (χ2n) is 7.39. The minimum Gasteiger partial charge on any atom is -0.497 e. The van der Waals surface area contributed by atoms with Crippen LogP contribution in [0.5, 0.6) is 11.8 Å². The first kappa shape index (κ1) is 23.2. The molecule has 7 heteroatoms. The van der Waals surface area contributed by atoms with Gasteiger partial charge in [0.2, 0.25) is 0 Å². The predicted molar refractivity (Wildman–Crippen MR) is 126 cm³/mol. The van der Waals surface area contributed by atoms with Crippen LogP contribution in [0.3, 0.4) is 0 Å². The van der Waals surface area contributed by atoms with Crippen molar-refractivity contribution in [1.29, 1.82) is 0 Å². The summed E-state index contributed by atoms with van der Waals surface area (Å²) in [5.41, 5.74) is 3.04. The third kappa shape index (κ3) is 7.67. The summed E-state index contributed by atoms with van der Waals surface area (Å²) >= 11 is 0. The maximum Gasteiger partial charge on any atom is 0.316 e. The second kappa shape index (κ2) is 12.4. The normalized spacial score (nSPS) is 12.0. The Hall–Kier alpha value is -3.45. The molecule has 0 aliphatic heterocycles. The molecule has 0 fully saturated rings. The number of unbranched alkanes of at least 4 members (excludes halogenated alkanes) is 1. The molecule has 0 saturated heterocycles. The van der Waals surface area contributed by atoms with Gasteiger partial charge >= 0.3 is 6.01 Å². The lowest BCUT2D eigenvalue weighted by Gasteiger charge is -2.09. The van der Waals surface area contributed by atoms with Crippen LogP contribution in [0.1, 0.15) is 36.1 Å². The van der Waals surface area contributed by atoms with Gasteiger partial charge in [0.05, 0.1) is 20.3 Å². The molecule has 2 aromatic heterocycles. The molecule has 3 rings (SSSR count). The molecule has 1 unspecified atom stereocenters. The fourth-order valence-corrected chi connectivity index (χ4v) is 3.15. The monoisotopic (exact) mass is 434 g/mol. The van der Waals surface area contributed by atoms with Crippen LogP contribution < -0.4 is 14.8 Å². The number of aliphatic hydroxyl groups is 1. The number of anilines is 1. The molecule has 0 spiro atoms. The van der Waals surface area contributed by atoms with E-state index in [1.807, 2.05) is 48.5 Å². The maximum atomic E-state index is 10.2. The van der Waals surface area contributed by atoms with Crippen LogP contribution in [-0.2, 0) is 13.0 Å². The highest BCUT2D eigenvalue weighted by Crippen LogP contribution is 2.14. The van der Waals surface area contributed by atoms with Crippen molar-refractivity contribution in [2.75, 3.05) is 19.5 Å². The van der Waals surface area contributed by atoms with Crippen LogP contribution in [0, 0.1) is 0 Å². The van der Waals surface area contributed by atoms with Crippen LogP contribution in [0.2, 0.25) is 0 Å². The summed E-state index contributed by atoms with van der Waals surface area (Å²) in [5.74, 6) is 1.72. The van der Waals surface area contributed by atoms with Crippen molar-refractivity contribution in [1.82, 2.24) is 15.0 Å². The van der Waals surface area contributed by atoms with Crippen molar-refractivity contribution in [3.8, 4) is 11.8 Å². The smallest absolute Gasteiger partial charge is 0.316 e. The number of hydrogen-bond donors (Lipinski definition) is 2. The highest BCUT2D eigenvalue weighted by Gasteiger charge is 2.03. The molecule has 0 saturated carbocycles. The van der Waals surface area contributed by atoms with E-state index in [2.05, 4.69) is 15.3 Å². The number of rotatable bonds is 12. The van der Waals surface area contributed by atoms with Crippen molar-refractivity contribution < 1.29 is 14.6 Å². The number of pyridine rings is 1. The second-order valence-corrected chi connectivity index (χ2v) is 7.39. The molecule has 0 radical (unpaired) electrons. The Morgan fingerprint density at radius 3 is 2.50 bits per heavy atom. The Labute approximate surface area is 189 Å². The zero-order valence-electron chi connectivity index (χ0n) is 18.6. The van der Waals surface area contributed by atoms with Crippen LogP contribution in [-0.4, -0.2) is 40.4 Å². The fraction of sp³-hybridized carbons (Fsp3) is 0.320. The van der Waals surface area contributed by atoms with E-state index in [-0.39, 0.29) is 0 Å². The van der Waals surface area contributed by atoms with E-state index < -0.39 is 6.10 Å². The van der Waals surface area contributed by atoms with Gasteiger partial charge in [0, 0.05) is 30.2 Å². The van der Waals surface area contributed by atoms with Gasteiger partial charge in [-0.3, -0.25) is 0 Å². The number of methoxy groups -OCH3 is 2. The number of aryl methyl sites for hydroxylation is 1. The van der Waals surface area contributed by atoms with Gasteiger partial charge in [0.25, 0.3) is 0 Å². The average Bonchev–Trinajstić information content (AvgIpc) is 2.85. The Bertz CT molecular complexity index is 975. The van der Waals surface area contributed by atoms with E-state index in [0.717, 1.165) is 42.1 Å². The summed E-state index contributed by atoms with van der Waals surface area (Å²) in [7, 11) is 3.19. The average molecular weight is 435 g/mol. The SMILES string of the molecule is COc1ccc(CNc2cccc(CCCCC(O)/C=C/c3cnc(OC)nc3)n2)cc1. The maximum absolute atomic E-state index is 10.2. The van der Waals surface area contributed by atoms with Gasteiger partial charge in [0.1, 0.15) is 11.6 Å². The highest BCUT2D eigenvalue weighted by atomic mass is 16.5. The fourth-order valence-electron chi connectivity index (χ4n) is 3.15. The van der Waals surface area contributed by atoms with E-state index in [0.29, 0.717) is 19.0 Å². The van der Waals surface area contributed by atoms with E-state index in [1.165, 1.54) is 12.7 Å². The molecule has 168 valence electrons. The van der Waals surface area contributed by atoms with E-state index in [4.69, 9.17) is 14.5 Å². The number of hydrogen-bond acceptors (Lipinski definition) is 7. The van der Waals surface area contributed by atoms with Crippen molar-refractivity contribution >= 4 is 11.9 Å². The number of aliphatic hydroxyl groups excluding tert-OH is 1. The lowest BCUT2D eigenvalue weighted by molar-refractivity contribution is 0.209. The Balaban J connectivity index is 1.38. The number of nitrogens with zero attached hydrogens (tertiary/aromatic N) is 3. The first-order chi connectivity index (χ1) is 15.7. The Morgan fingerprint density at radius 2 is 1.78 bits per heavy atom. The van der Waals surface area contributed by atoms with Crippen LogP contribution in [0.15, 0.2) is 60.9 Å². The van der Waals surface area contributed by atoms with Gasteiger partial charge < -0.3 is 19.9 Å². The molecule has 0 amide bonds. The lowest BCUT2D eigenvalue weighted by atomic mass is 10.1. The lowest BCUT2D eigenvalue weighted by Crippen LogP contribution is -2.04. The Morgan fingerprint density at radius 1 is 1.00 bits per heavy atom. The zero-order valence-corrected chi connectivity index (χ0v) is 18.6. The molecule has 3 aromatic rings. The van der Waals surface area contributed by atoms with Gasteiger partial charge in [-0.15, -0.1) is 0 Å². The number of aromatic nitrogens is 3. The topological polar surface area (TPSA) is 89.4 Å².